The van der Waals surface area contributed by atoms with Crippen molar-refractivity contribution in [1.29, 1.82) is 0 Å². The molecule has 1 saturated heterocycles. The number of aliphatic hydroxyl groups is 1. The number of hydrogen-bond acceptors (Lipinski definition) is 3. The largest absolute Gasteiger partial charge is 0.387 e. The third-order valence-electron chi connectivity index (χ3n) is 2.94. The van der Waals surface area contributed by atoms with Gasteiger partial charge in [0, 0.05) is 26.7 Å². The van der Waals surface area contributed by atoms with E-state index in [0.29, 0.717) is 5.92 Å². The van der Waals surface area contributed by atoms with Gasteiger partial charge >= 0.3 is 0 Å². The minimum Gasteiger partial charge on any atom is -0.387 e. The van der Waals surface area contributed by atoms with Crippen molar-refractivity contribution in [3.05, 3.63) is 0 Å². The molecule has 1 N–H and O–H groups in total. The van der Waals surface area contributed by atoms with Crippen LogP contribution in [-0.4, -0.2) is 49.0 Å². The molecular formula is C9H17NO2. The molecular weight excluding hydrogens is 154 g/mol. The van der Waals surface area contributed by atoms with Gasteiger partial charge in [-0.2, -0.15) is 0 Å². The van der Waals surface area contributed by atoms with Gasteiger partial charge in [-0.1, -0.05) is 0 Å². The number of likely N-dealkylation sites (tertiary alicyclic amines) is 1. The summed E-state index contributed by atoms with van der Waals surface area (Å²) in [7, 11) is 1.72. The third kappa shape index (κ3) is 1.49. The van der Waals surface area contributed by atoms with Gasteiger partial charge in [-0.3, -0.25) is 4.90 Å². The highest BCUT2D eigenvalue weighted by Crippen LogP contribution is 2.44. The molecule has 2 fully saturated rings. The van der Waals surface area contributed by atoms with E-state index in [1.807, 2.05) is 0 Å². The van der Waals surface area contributed by atoms with Crippen LogP contribution in [0.4, 0.5) is 0 Å². The molecule has 70 valence electrons. The number of ether oxygens (including phenoxy) is 1. The van der Waals surface area contributed by atoms with Gasteiger partial charge in [-0.05, 0) is 18.8 Å². The summed E-state index contributed by atoms with van der Waals surface area (Å²) in [6.45, 7) is 3.47. The molecule has 0 spiro atoms. The lowest BCUT2D eigenvalue weighted by Crippen LogP contribution is -2.63. The maximum Gasteiger partial charge on any atom is 0.0928 e. The maximum absolute atomic E-state index is 9.94. The SMILES string of the molecule is COCCN1CC(O)(C2CC2)C1. The van der Waals surface area contributed by atoms with Gasteiger partial charge < -0.3 is 9.84 Å². The van der Waals surface area contributed by atoms with E-state index in [4.69, 9.17) is 4.74 Å². The number of rotatable bonds is 4. The van der Waals surface area contributed by atoms with Gasteiger partial charge in [0.05, 0.1) is 12.2 Å². The summed E-state index contributed by atoms with van der Waals surface area (Å²) < 4.78 is 4.97. The van der Waals surface area contributed by atoms with E-state index in [-0.39, 0.29) is 5.60 Å². The van der Waals surface area contributed by atoms with Crippen molar-refractivity contribution >= 4 is 0 Å². The van der Waals surface area contributed by atoms with Gasteiger partial charge in [-0.15, -0.1) is 0 Å². The zero-order valence-corrected chi connectivity index (χ0v) is 7.62. The van der Waals surface area contributed by atoms with Crippen LogP contribution in [0.5, 0.6) is 0 Å². The predicted molar refractivity (Wildman–Crippen MR) is 46.0 cm³/mol. The smallest absolute Gasteiger partial charge is 0.0928 e. The quantitative estimate of drug-likeness (QED) is 0.650. The lowest BCUT2D eigenvalue weighted by molar-refractivity contribution is -0.117. The molecule has 0 aromatic heterocycles. The Balaban J connectivity index is 1.68. The Kier molecular flexibility index (Phi) is 2.10. The minimum atomic E-state index is -0.326. The molecule has 2 aliphatic rings. The van der Waals surface area contributed by atoms with Crippen LogP contribution in [0.1, 0.15) is 12.8 Å². The van der Waals surface area contributed by atoms with E-state index in [1.165, 1.54) is 12.8 Å². The molecule has 0 radical (unpaired) electrons. The zero-order chi connectivity index (χ0) is 8.60. The van der Waals surface area contributed by atoms with Gasteiger partial charge in [0.15, 0.2) is 0 Å². The number of hydrogen-bond donors (Lipinski definition) is 1. The van der Waals surface area contributed by atoms with E-state index >= 15 is 0 Å². The monoisotopic (exact) mass is 171 g/mol. The van der Waals surface area contributed by atoms with Crippen molar-refractivity contribution in [2.24, 2.45) is 5.92 Å². The van der Waals surface area contributed by atoms with E-state index in [0.717, 1.165) is 26.2 Å². The standard InChI is InChI=1S/C9H17NO2/c1-12-5-4-10-6-9(11,7-10)8-2-3-8/h8,11H,2-7H2,1H3. The van der Waals surface area contributed by atoms with Crippen LogP contribution >= 0.6 is 0 Å². The molecule has 0 amide bonds. The first-order chi connectivity index (χ1) is 5.74. The summed E-state index contributed by atoms with van der Waals surface area (Å²) in [6, 6.07) is 0. The molecule has 0 unspecified atom stereocenters. The Morgan fingerprint density at radius 1 is 1.50 bits per heavy atom. The molecule has 0 bridgehead atoms. The summed E-state index contributed by atoms with van der Waals surface area (Å²) in [6.07, 6.45) is 2.46. The second kappa shape index (κ2) is 2.98. The molecule has 1 aliphatic heterocycles. The Bertz CT molecular complexity index is 162. The molecule has 0 aromatic carbocycles. The first kappa shape index (κ1) is 8.48. The van der Waals surface area contributed by atoms with Crippen molar-refractivity contribution in [3.8, 4) is 0 Å². The van der Waals surface area contributed by atoms with Crippen molar-refractivity contribution in [1.82, 2.24) is 4.90 Å². The third-order valence-corrected chi connectivity index (χ3v) is 2.94. The first-order valence-electron chi connectivity index (χ1n) is 4.68. The van der Waals surface area contributed by atoms with Gasteiger partial charge in [0.25, 0.3) is 0 Å². The van der Waals surface area contributed by atoms with E-state index in [9.17, 15) is 5.11 Å². The van der Waals surface area contributed by atoms with Crippen molar-refractivity contribution in [2.75, 3.05) is 33.4 Å². The molecule has 1 heterocycles. The number of methoxy groups -OCH3 is 1. The zero-order valence-electron chi connectivity index (χ0n) is 7.62. The van der Waals surface area contributed by atoms with Crippen LogP contribution in [0.15, 0.2) is 0 Å². The van der Waals surface area contributed by atoms with Gasteiger partial charge in [0.1, 0.15) is 0 Å². The average Bonchev–Trinajstić information content (AvgIpc) is 2.77. The molecule has 0 aromatic rings. The molecule has 12 heavy (non-hydrogen) atoms. The lowest BCUT2D eigenvalue weighted by Gasteiger charge is -2.47. The van der Waals surface area contributed by atoms with Gasteiger partial charge in [0.2, 0.25) is 0 Å². The van der Waals surface area contributed by atoms with Crippen LogP contribution in [0, 0.1) is 5.92 Å². The summed E-state index contributed by atoms with van der Waals surface area (Å²) in [5, 5.41) is 9.94. The maximum atomic E-state index is 9.94. The Labute approximate surface area is 73.3 Å². The Morgan fingerprint density at radius 3 is 2.67 bits per heavy atom. The van der Waals surface area contributed by atoms with Crippen molar-refractivity contribution < 1.29 is 9.84 Å². The summed E-state index contributed by atoms with van der Waals surface area (Å²) in [5.74, 6) is 0.608. The minimum absolute atomic E-state index is 0.326. The molecule has 1 saturated carbocycles. The van der Waals surface area contributed by atoms with E-state index in [2.05, 4.69) is 4.90 Å². The second-order valence-corrected chi connectivity index (χ2v) is 4.08. The summed E-state index contributed by atoms with van der Waals surface area (Å²) >= 11 is 0. The highest BCUT2D eigenvalue weighted by Gasteiger charge is 2.51. The predicted octanol–water partition coefficient (Wildman–Crippen LogP) is 0.0895. The highest BCUT2D eigenvalue weighted by atomic mass is 16.5. The normalized spacial score (nSPS) is 28.5. The summed E-state index contributed by atoms with van der Waals surface area (Å²) in [4.78, 5) is 2.25. The van der Waals surface area contributed by atoms with Crippen LogP contribution in [0.3, 0.4) is 0 Å². The highest BCUT2D eigenvalue weighted by molar-refractivity contribution is 5.05. The molecule has 1 aliphatic carbocycles. The Hall–Kier alpha value is -0.120. The lowest BCUT2D eigenvalue weighted by atomic mass is 9.89. The summed E-state index contributed by atoms with van der Waals surface area (Å²) in [5.41, 5.74) is -0.326. The van der Waals surface area contributed by atoms with Crippen LogP contribution in [-0.2, 0) is 4.74 Å². The van der Waals surface area contributed by atoms with Crippen LogP contribution < -0.4 is 0 Å². The second-order valence-electron chi connectivity index (χ2n) is 4.08. The average molecular weight is 171 g/mol. The number of nitrogens with zero attached hydrogens (tertiary/aromatic N) is 1. The van der Waals surface area contributed by atoms with Gasteiger partial charge in [-0.25, -0.2) is 0 Å². The Morgan fingerprint density at radius 2 is 2.17 bits per heavy atom. The van der Waals surface area contributed by atoms with Crippen LogP contribution in [0.2, 0.25) is 0 Å². The van der Waals surface area contributed by atoms with Crippen LogP contribution in [0.25, 0.3) is 0 Å². The fraction of sp³-hybridized carbons (Fsp3) is 1.00. The number of β-amino-alcohol motifs (C(OH)–C–C–N with tert-alkyl or cyclic N) is 1. The topological polar surface area (TPSA) is 32.7 Å². The molecule has 2 rings (SSSR count). The molecule has 3 heteroatoms. The fourth-order valence-electron chi connectivity index (χ4n) is 1.99. The van der Waals surface area contributed by atoms with E-state index in [1.54, 1.807) is 7.11 Å². The van der Waals surface area contributed by atoms with Crippen molar-refractivity contribution in [3.63, 3.8) is 0 Å². The van der Waals surface area contributed by atoms with Crippen molar-refractivity contribution in [2.45, 2.75) is 18.4 Å². The van der Waals surface area contributed by atoms with E-state index < -0.39 is 0 Å². The fourth-order valence-corrected chi connectivity index (χ4v) is 1.99. The first-order valence-corrected chi connectivity index (χ1v) is 4.68. The molecule has 0 atom stereocenters. The molecule has 3 nitrogen and oxygen atoms in total.